The number of carbonyl (C=O) groups excluding carboxylic acids is 1. The lowest BCUT2D eigenvalue weighted by atomic mass is 10.0. The molecule has 5 heteroatoms. The van der Waals surface area contributed by atoms with Gasteiger partial charge in [0.05, 0.1) is 0 Å². The molecule has 0 saturated heterocycles. The van der Waals surface area contributed by atoms with E-state index in [4.69, 9.17) is 9.47 Å². The maximum absolute atomic E-state index is 12.8. The summed E-state index contributed by atoms with van der Waals surface area (Å²) in [7, 11) is 0. The Kier molecular flexibility index (Phi) is 32.0. The van der Waals surface area contributed by atoms with Gasteiger partial charge in [-0.05, 0) is 64.2 Å². The molecule has 2 unspecified atom stereocenters. The molecule has 0 aliphatic carbocycles. The van der Waals surface area contributed by atoms with Gasteiger partial charge in [0.2, 0.25) is 0 Å². The smallest absolute Gasteiger partial charge is 0.431 e. The van der Waals surface area contributed by atoms with Gasteiger partial charge in [-0.25, -0.2) is 4.79 Å². The Balaban J connectivity index is 4.33. The minimum absolute atomic E-state index is 0.122. The quantitative estimate of drug-likeness (QED) is 0.0621. The highest BCUT2D eigenvalue weighted by molar-refractivity contribution is 5.60. The van der Waals surface area contributed by atoms with Crippen LogP contribution in [0.2, 0.25) is 0 Å². The number of ether oxygens (including phenoxy) is 2. The topological polar surface area (TPSA) is 76.0 Å². The van der Waals surface area contributed by atoms with E-state index < -0.39 is 6.16 Å². The summed E-state index contributed by atoms with van der Waals surface area (Å²) in [6.45, 7) is 4.89. The predicted octanol–water partition coefficient (Wildman–Crippen LogP) is 10.8. The highest BCUT2D eigenvalue weighted by atomic mass is 16.7. The average molecular weight is 571 g/mol. The monoisotopic (exact) mass is 571 g/mol. The van der Waals surface area contributed by atoms with Crippen LogP contribution in [0.4, 0.5) is 4.79 Å². The molecular formula is C35H70O5. The van der Waals surface area contributed by atoms with Crippen molar-refractivity contribution in [1.82, 2.24) is 0 Å². The van der Waals surface area contributed by atoms with Gasteiger partial charge in [-0.1, -0.05) is 129 Å². The van der Waals surface area contributed by atoms with Gasteiger partial charge in [0.15, 0.2) is 0 Å². The van der Waals surface area contributed by atoms with Crippen molar-refractivity contribution >= 4 is 6.16 Å². The zero-order chi connectivity index (χ0) is 29.4. The van der Waals surface area contributed by atoms with Crippen LogP contribution in [0.15, 0.2) is 0 Å². The van der Waals surface area contributed by atoms with Crippen molar-refractivity contribution in [2.24, 2.45) is 0 Å². The molecule has 0 aliphatic rings. The van der Waals surface area contributed by atoms with Crippen LogP contribution in [0.5, 0.6) is 0 Å². The Hall–Kier alpha value is -0.810. The number of aliphatic hydroxyl groups excluding tert-OH is 2. The fourth-order valence-electron chi connectivity index (χ4n) is 5.51. The van der Waals surface area contributed by atoms with Crippen LogP contribution >= 0.6 is 0 Å². The molecular weight excluding hydrogens is 500 g/mol. The normalized spacial score (nSPS) is 12.9. The summed E-state index contributed by atoms with van der Waals surface area (Å²) in [6, 6.07) is 0. The van der Waals surface area contributed by atoms with Gasteiger partial charge in [0.1, 0.15) is 12.2 Å². The highest BCUT2D eigenvalue weighted by Crippen LogP contribution is 2.20. The first-order valence-electron chi connectivity index (χ1n) is 17.8. The van der Waals surface area contributed by atoms with E-state index >= 15 is 0 Å². The molecule has 0 amide bonds. The standard InChI is InChI=1S/C35H70O5/c1-3-5-7-9-11-13-15-17-19-21-27-33(29-23-25-31-36)39-35(38)40-34(30-24-26-32-37)28-22-20-18-16-14-12-10-8-6-4-2/h33-34,36-37H,3-32H2,1-2H3. The molecule has 0 fully saturated rings. The molecule has 0 saturated carbocycles. The summed E-state index contributed by atoms with van der Waals surface area (Å²) in [4.78, 5) is 12.8. The van der Waals surface area contributed by atoms with Gasteiger partial charge in [0, 0.05) is 13.2 Å². The molecule has 2 atom stereocenters. The second-order valence-corrected chi connectivity index (χ2v) is 12.1. The fourth-order valence-corrected chi connectivity index (χ4v) is 5.51. The van der Waals surface area contributed by atoms with E-state index in [1.165, 1.54) is 116 Å². The zero-order valence-electron chi connectivity index (χ0n) is 27.0. The second-order valence-electron chi connectivity index (χ2n) is 12.1. The Bertz CT molecular complexity index is 456. The zero-order valence-corrected chi connectivity index (χ0v) is 27.0. The SMILES string of the molecule is CCCCCCCCCCCCC(CCCCO)OC(=O)OC(CCCCO)CCCCCCCCCCCC. The number of hydrogen-bond acceptors (Lipinski definition) is 5. The number of carbonyl (C=O) groups is 1. The summed E-state index contributed by atoms with van der Waals surface area (Å²) >= 11 is 0. The molecule has 0 aromatic heterocycles. The van der Waals surface area contributed by atoms with Crippen molar-refractivity contribution in [3.63, 3.8) is 0 Å². The predicted molar refractivity (Wildman–Crippen MR) is 170 cm³/mol. The Morgan fingerprint density at radius 2 is 0.675 bits per heavy atom. The maximum Gasteiger partial charge on any atom is 0.508 e. The van der Waals surface area contributed by atoms with E-state index in [2.05, 4.69) is 13.8 Å². The molecule has 2 N–H and O–H groups in total. The van der Waals surface area contributed by atoms with Gasteiger partial charge >= 0.3 is 6.16 Å². The third-order valence-corrected chi connectivity index (χ3v) is 8.15. The molecule has 0 radical (unpaired) electrons. The van der Waals surface area contributed by atoms with Crippen molar-refractivity contribution in [2.75, 3.05) is 13.2 Å². The van der Waals surface area contributed by atoms with Gasteiger partial charge < -0.3 is 19.7 Å². The molecule has 0 spiro atoms. The van der Waals surface area contributed by atoms with Crippen LogP contribution in [0.1, 0.15) is 194 Å². The summed E-state index contributed by atoms with van der Waals surface area (Å²) < 4.78 is 11.6. The van der Waals surface area contributed by atoms with Gasteiger partial charge in [-0.2, -0.15) is 0 Å². The van der Waals surface area contributed by atoms with Crippen molar-refractivity contribution in [2.45, 2.75) is 206 Å². The van der Waals surface area contributed by atoms with Crippen molar-refractivity contribution in [3.05, 3.63) is 0 Å². The van der Waals surface area contributed by atoms with E-state index in [0.717, 1.165) is 64.2 Å². The summed E-state index contributed by atoms with van der Waals surface area (Å²) in [5, 5.41) is 18.4. The first-order valence-corrected chi connectivity index (χ1v) is 17.8. The van der Waals surface area contributed by atoms with Crippen molar-refractivity contribution in [3.8, 4) is 0 Å². The summed E-state index contributed by atoms with van der Waals surface area (Å²) in [5.41, 5.74) is 0. The van der Waals surface area contributed by atoms with E-state index in [1.54, 1.807) is 0 Å². The minimum atomic E-state index is -0.526. The van der Waals surface area contributed by atoms with Gasteiger partial charge in [-0.3, -0.25) is 0 Å². The Morgan fingerprint density at radius 1 is 0.425 bits per heavy atom. The molecule has 240 valence electrons. The molecule has 0 heterocycles. The lowest BCUT2D eigenvalue weighted by molar-refractivity contribution is -0.0124. The number of hydrogen-bond donors (Lipinski definition) is 2. The van der Waals surface area contributed by atoms with E-state index in [0.29, 0.717) is 0 Å². The van der Waals surface area contributed by atoms with E-state index in [-0.39, 0.29) is 25.4 Å². The first-order chi connectivity index (χ1) is 19.7. The summed E-state index contributed by atoms with van der Waals surface area (Å²) in [6.07, 6.45) is 31.7. The molecule has 0 aromatic rings. The van der Waals surface area contributed by atoms with Crippen molar-refractivity contribution in [1.29, 1.82) is 0 Å². The molecule has 40 heavy (non-hydrogen) atoms. The maximum atomic E-state index is 12.8. The fraction of sp³-hybridized carbons (Fsp3) is 0.971. The number of aliphatic hydroxyl groups is 2. The van der Waals surface area contributed by atoms with Crippen LogP contribution < -0.4 is 0 Å². The third-order valence-electron chi connectivity index (χ3n) is 8.15. The van der Waals surface area contributed by atoms with Crippen LogP contribution in [-0.2, 0) is 9.47 Å². The largest absolute Gasteiger partial charge is 0.508 e. The van der Waals surface area contributed by atoms with Gasteiger partial charge in [-0.15, -0.1) is 0 Å². The number of rotatable bonds is 32. The van der Waals surface area contributed by atoms with Crippen LogP contribution in [0.3, 0.4) is 0 Å². The van der Waals surface area contributed by atoms with Crippen LogP contribution in [-0.4, -0.2) is 41.8 Å². The third kappa shape index (κ3) is 28.7. The van der Waals surface area contributed by atoms with Gasteiger partial charge in [0.25, 0.3) is 0 Å². The Labute approximate surface area is 249 Å². The average Bonchev–Trinajstić information content (AvgIpc) is 2.95. The molecule has 0 rings (SSSR count). The Morgan fingerprint density at radius 3 is 0.950 bits per heavy atom. The van der Waals surface area contributed by atoms with E-state index in [1.807, 2.05) is 0 Å². The summed E-state index contributed by atoms with van der Waals surface area (Å²) in [5.74, 6) is 0. The number of unbranched alkanes of at least 4 members (excludes halogenated alkanes) is 20. The lowest BCUT2D eigenvalue weighted by Crippen LogP contribution is -2.24. The molecule has 5 nitrogen and oxygen atoms in total. The molecule has 0 aliphatic heterocycles. The minimum Gasteiger partial charge on any atom is -0.431 e. The van der Waals surface area contributed by atoms with E-state index in [9.17, 15) is 15.0 Å². The molecule has 0 aromatic carbocycles. The van der Waals surface area contributed by atoms with Crippen molar-refractivity contribution < 1.29 is 24.5 Å². The lowest BCUT2D eigenvalue weighted by Gasteiger charge is -2.21. The molecule has 0 bridgehead atoms. The van der Waals surface area contributed by atoms with Crippen LogP contribution in [0.25, 0.3) is 0 Å². The second kappa shape index (κ2) is 32.7. The van der Waals surface area contributed by atoms with Crippen LogP contribution in [0, 0.1) is 0 Å². The highest BCUT2D eigenvalue weighted by Gasteiger charge is 2.20. The first kappa shape index (κ1) is 39.2.